The van der Waals surface area contributed by atoms with Gasteiger partial charge in [-0.3, -0.25) is 81.5 Å². The lowest BCUT2D eigenvalue weighted by Crippen LogP contribution is -2.62. The van der Waals surface area contributed by atoms with Crippen molar-refractivity contribution in [2.75, 3.05) is 64.1 Å². The quantitative estimate of drug-likeness (QED) is 0.0232. The van der Waals surface area contributed by atoms with E-state index >= 15 is 38.4 Å². The molecule has 0 bridgehead atoms. The molecule has 9 rings (SSSR count). The lowest BCUT2D eigenvalue weighted by atomic mass is 9.95. The largest absolute Gasteiger partial charge is 0.508 e. The van der Waals surface area contributed by atoms with Gasteiger partial charge in [-0.1, -0.05) is 155 Å². The van der Waals surface area contributed by atoms with Gasteiger partial charge in [-0.05, 0) is 121 Å². The predicted molar refractivity (Wildman–Crippen MR) is 518 cm³/mol. The standard InChI is InChI=1S/C98H125N19O22S/c1-6-57(4)86-98(137)114-78(48-64-50-103-70-26-16-14-24-68(64)70)96(135)116-85(56(2)3)97(136)113-76(46-62-30-34-66(119)35-31-62)92(131)110-72(36-37-84(124)125)89(128)105-52-81(121)108-77(47-63-49-102-69-25-15-13-23-67(63)69)94(133)112-75(45-61-28-32-65(118)33-29-61)93(132)111-74(44-60-21-11-8-12-22-60)91(130)106-58(5)88(127)115-79(54-140-55-83(123)109-73(95(134)117-86)43-59-19-9-7-10-20-59)90(129)104-51-80(120)101-39-40-138-41-42-139-53-82(122)107-71(87(100)126)27-17-18-38-99/h7-16,19-26,28-35,49-50,56-58,71-79,85-86,102-103,118-119H,6,17-18,27,36-48,51-55,99H2,1-5H3,(H2,100,126)(H,101,120)(H,104,129)(H,105,128)(H,106,130)(H,107,122)(H,108,121)(H,109,123)(H,110,131)(H,111,132)(H,112,133)(H,113,136)(H,114,137)(H,115,127)(H,116,135)(H,117,134)(H,124,125)/t57-,58-,71-,72-,73-,74-,75-,76-,77-,78-,79-,85-,86-/m0/s1. The number of carbonyl (C=O) groups is 17. The first kappa shape index (κ1) is 109. The van der Waals surface area contributed by atoms with Gasteiger partial charge in [0.2, 0.25) is 94.5 Å². The molecule has 3 heterocycles. The Morgan fingerprint density at radius 3 is 1.44 bits per heavy atom. The van der Waals surface area contributed by atoms with Gasteiger partial charge in [0.15, 0.2) is 0 Å². The average Bonchev–Trinajstić information content (AvgIpc) is 1.65. The first-order chi connectivity index (χ1) is 67.1. The van der Waals surface area contributed by atoms with Crippen LogP contribution in [-0.2, 0) is 130 Å². The first-order valence-corrected chi connectivity index (χ1v) is 47.4. The molecule has 0 saturated carbocycles. The number of fused-ring (bicyclic) bond motifs is 2. The number of benzene rings is 6. The molecule has 16 amide bonds. The third-order valence-corrected chi connectivity index (χ3v) is 24.3. The number of aliphatic carboxylic acids is 1. The summed E-state index contributed by atoms with van der Waals surface area (Å²) in [6, 6.07) is 23.7. The Hall–Kier alpha value is -14.8. The highest BCUT2D eigenvalue weighted by Crippen LogP contribution is 2.24. The van der Waals surface area contributed by atoms with E-state index in [4.69, 9.17) is 20.9 Å². The van der Waals surface area contributed by atoms with Crippen LogP contribution in [0, 0.1) is 11.8 Å². The Morgan fingerprint density at radius 2 is 0.921 bits per heavy atom. The number of hydrogen-bond acceptors (Lipinski definition) is 23. The number of aromatic nitrogens is 2. The van der Waals surface area contributed by atoms with Crippen LogP contribution in [0.2, 0.25) is 0 Å². The molecule has 42 heteroatoms. The van der Waals surface area contributed by atoms with Crippen molar-refractivity contribution in [3.8, 4) is 11.5 Å². The van der Waals surface area contributed by atoms with Crippen LogP contribution < -0.4 is 91.2 Å². The van der Waals surface area contributed by atoms with Crippen LogP contribution in [-0.4, -0.2) is 262 Å². The fraction of sp³-hybridized carbons (Fsp3) is 0.418. The number of unbranched alkanes of at least 4 members (excludes halogenated alkanes) is 1. The zero-order chi connectivity index (χ0) is 101. The molecule has 0 unspecified atom stereocenters. The van der Waals surface area contributed by atoms with E-state index in [1.54, 1.807) is 149 Å². The number of carboxylic acids is 1. The number of carbonyl (C=O) groups excluding carboxylic acids is 16. The van der Waals surface area contributed by atoms with E-state index in [9.17, 15) is 58.5 Å². The van der Waals surface area contributed by atoms with Crippen molar-refractivity contribution < 1.29 is 106 Å². The van der Waals surface area contributed by atoms with Crippen LogP contribution in [0.4, 0.5) is 0 Å². The fourth-order valence-corrected chi connectivity index (χ4v) is 16.1. The monoisotopic (exact) mass is 1950 g/mol. The summed E-state index contributed by atoms with van der Waals surface area (Å²) in [6.45, 7) is 5.99. The third kappa shape index (κ3) is 35.3. The minimum Gasteiger partial charge on any atom is -0.508 e. The maximum Gasteiger partial charge on any atom is 0.303 e. The molecule has 140 heavy (non-hydrogen) atoms. The number of phenols is 2. The van der Waals surface area contributed by atoms with Crippen LogP contribution >= 0.6 is 11.8 Å². The van der Waals surface area contributed by atoms with Gasteiger partial charge in [-0.25, -0.2) is 0 Å². The Balaban J connectivity index is 1.05. The number of H-pyrrole nitrogens is 2. The van der Waals surface area contributed by atoms with Gasteiger partial charge in [-0.2, -0.15) is 0 Å². The summed E-state index contributed by atoms with van der Waals surface area (Å²) in [7, 11) is 0. The van der Waals surface area contributed by atoms with E-state index in [-0.39, 0.29) is 82.8 Å². The summed E-state index contributed by atoms with van der Waals surface area (Å²) in [5.74, 6) is -18.8. The van der Waals surface area contributed by atoms with Gasteiger partial charge in [0.05, 0.1) is 38.7 Å². The molecule has 0 radical (unpaired) electrons. The number of nitrogens with two attached hydrogens (primary N) is 2. The summed E-state index contributed by atoms with van der Waals surface area (Å²) in [4.78, 5) is 251. The van der Waals surface area contributed by atoms with Gasteiger partial charge >= 0.3 is 5.97 Å². The second-order valence-corrected chi connectivity index (χ2v) is 35.4. The van der Waals surface area contributed by atoms with Crippen LogP contribution in [0.1, 0.15) is 107 Å². The molecular weight excluding hydrogens is 1830 g/mol. The van der Waals surface area contributed by atoms with Crippen molar-refractivity contribution in [3.05, 3.63) is 203 Å². The smallest absolute Gasteiger partial charge is 0.303 e. The zero-order valence-corrected chi connectivity index (χ0v) is 79.3. The molecule has 1 fully saturated rings. The molecule has 0 aliphatic carbocycles. The zero-order valence-electron chi connectivity index (χ0n) is 78.5. The van der Waals surface area contributed by atoms with Crippen LogP contribution in [0.15, 0.2) is 170 Å². The highest BCUT2D eigenvalue weighted by atomic mass is 32.2. The molecule has 0 spiro atoms. The second kappa shape index (κ2) is 55.6. The van der Waals surface area contributed by atoms with E-state index in [2.05, 4.69) is 89.7 Å². The van der Waals surface area contributed by atoms with Crippen LogP contribution in [0.25, 0.3) is 21.8 Å². The number of nitrogens with one attached hydrogen (secondary N) is 17. The Kier molecular flexibility index (Phi) is 43.2. The number of aromatic amines is 2. The lowest BCUT2D eigenvalue weighted by Gasteiger charge is -2.30. The molecule has 1 aliphatic heterocycles. The van der Waals surface area contributed by atoms with Gasteiger partial charge in [-0.15, -0.1) is 11.8 Å². The molecular formula is C98H125N19O22S. The number of ether oxygens (including phenoxy) is 2. The summed E-state index contributed by atoms with van der Waals surface area (Å²) >= 11 is 0.801. The van der Waals surface area contributed by atoms with Gasteiger partial charge < -0.3 is 126 Å². The summed E-state index contributed by atoms with van der Waals surface area (Å²) in [5, 5.41) is 71.8. The van der Waals surface area contributed by atoms with E-state index in [1.807, 2.05) is 0 Å². The molecule has 24 N–H and O–H groups in total. The summed E-state index contributed by atoms with van der Waals surface area (Å²) in [6.07, 6.45) is 1.98. The number of phenolic OH excluding ortho intramolecular Hbond substituents is 2. The lowest BCUT2D eigenvalue weighted by molar-refractivity contribution is -0.138. The second-order valence-electron chi connectivity index (χ2n) is 34.4. The number of para-hydroxylation sites is 2. The SMILES string of the molecule is CC[C@H](C)[C@@H]1NC(=O)[C@H](Cc2ccccc2)NC(=O)CSC[C@@H](C(=O)NCC(=O)NCCOCCOCC(=O)N[C@@H](CCCCN)C(N)=O)NC(=O)[C@H](C)NC(=O)[C@H](Cc2ccccc2)NC(=O)[C@H](Cc2ccc(O)cc2)NC(=O)[C@H](Cc2c[nH]c3ccccc23)NC(=O)CNC(=O)[C@H](CCC(=O)O)NC(=O)[C@H](Cc2ccc(O)cc2)NC(=O)[C@H](C(C)C)NC(=O)[C@H](Cc2c[nH]c3ccccc23)NC1=O. The normalized spacial score (nSPS) is 20.9. The Bertz CT molecular complexity index is 5580. The summed E-state index contributed by atoms with van der Waals surface area (Å²) < 4.78 is 10.9. The number of carboxylic acid groups (broad SMARTS) is 1. The first-order valence-electron chi connectivity index (χ1n) is 46.2. The molecule has 8 aromatic rings. The molecule has 2 aromatic heterocycles. The molecule has 1 saturated heterocycles. The Labute approximate surface area is 812 Å². The van der Waals surface area contributed by atoms with E-state index in [0.717, 1.165) is 11.8 Å². The molecule has 6 aromatic carbocycles. The van der Waals surface area contributed by atoms with Crippen molar-refractivity contribution >= 4 is 134 Å². The Morgan fingerprint density at radius 1 is 0.471 bits per heavy atom. The van der Waals surface area contributed by atoms with Crippen molar-refractivity contribution in [2.24, 2.45) is 23.3 Å². The van der Waals surface area contributed by atoms with E-state index < -0.39 is 229 Å². The minimum absolute atomic E-state index is 0.0256. The third-order valence-electron chi connectivity index (χ3n) is 23.2. The summed E-state index contributed by atoms with van der Waals surface area (Å²) in [5.41, 5.74) is 15.0. The maximum absolute atomic E-state index is 15.4. The number of thioether (sulfide) groups is 1. The van der Waals surface area contributed by atoms with Gasteiger partial charge in [0, 0.05) is 91.4 Å². The van der Waals surface area contributed by atoms with Gasteiger partial charge in [0.25, 0.3) is 0 Å². The van der Waals surface area contributed by atoms with Crippen LogP contribution in [0.5, 0.6) is 11.5 Å². The van der Waals surface area contributed by atoms with Gasteiger partial charge in [0.1, 0.15) is 90.6 Å². The van der Waals surface area contributed by atoms with Crippen LogP contribution in [0.3, 0.4) is 0 Å². The van der Waals surface area contributed by atoms with Crippen molar-refractivity contribution in [2.45, 2.75) is 184 Å². The number of hydrogen-bond donors (Lipinski definition) is 22. The predicted octanol–water partition coefficient (Wildman–Crippen LogP) is -0.0363. The number of primary amides is 1. The highest BCUT2D eigenvalue weighted by molar-refractivity contribution is 8.00. The van der Waals surface area contributed by atoms with E-state index in [0.29, 0.717) is 81.0 Å². The number of rotatable bonds is 35. The minimum atomic E-state index is -1.77. The van der Waals surface area contributed by atoms with Crippen molar-refractivity contribution in [3.63, 3.8) is 0 Å². The average molecular weight is 1950 g/mol. The topological polar surface area (TPSA) is 633 Å². The number of amides is 16. The molecule has 41 nitrogen and oxygen atoms in total. The fourth-order valence-electron chi connectivity index (χ4n) is 15.3. The van der Waals surface area contributed by atoms with E-state index in [1.165, 1.54) is 55.5 Å². The molecule has 750 valence electrons. The highest BCUT2D eigenvalue weighted by Gasteiger charge is 2.39. The van der Waals surface area contributed by atoms with Crippen molar-refractivity contribution in [1.29, 1.82) is 0 Å². The molecule has 13 atom stereocenters. The van der Waals surface area contributed by atoms with Crippen molar-refractivity contribution in [1.82, 2.24) is 89.7 Å². The maximum atomic E-state index is 15.4. The number of aromatic hydroxyl groups is 2. The molecule has 1 aliphatic rings.